The molecule has 1 heterocycles. The molecular weight excluding hydrogens is 364 g/mol. The van der Waals surface area contributed by atoms with Crippen LogP contribution in [0.1, 0.15) is 21.5 Å². The Kier molecular flexibility index (Phi) is 6.18. The topological polar surface area (TPSA) is 71.8 Å². The molecule has 5 nitrogen and oxygen atoms in total. The number of aliphatic imine (C=N–C) groups is 1. The monoisotopic (exact) mass is 380 g/mol. The van der Waals surface area contributed by atoms with E-state index in [-0.39, 0.29) is 17.1 Å². The van der Waals surface area contributed by atoms with Gasteiger partial charge in [-0.05, 0) is 30.2 Å². The molecule has 0 amide bonds. The van der Waals surface area contributed by atoms with Crippen molar-refractivity contribution in [3.63, 3.8) is 0 Å². The zero-order chi connectivity index (χ0) is 19.1. The molecule has 136 valence electrons. The molecule has 1 N–H and O–H groups in total. The number of hydrogen-bond acceptors (Lipinski definition) is 5. The number of benzene rings is 2. The van der Waals surface area contributed by atoms with Gasteiger partial charge in [0.2, 0.25) is 0 Å². The lowest BCUT2D eigenvalue weighted by Crippen LogP contribution is -2.09. The van der Waals surface area contributed by atoms with Crippen molar-refractivity contribution < 1.29 is 14.6 Å². The second-order valence-electron chi connectivity index (χ2n) is 5.74. The Morgan fingerprint density at radius 1 is 1.19 bits per heavy atom. The maximum Gasteiger partial charge on any atom is 0.345 e. The lowest BCUT2D eigenvalue weighted by atomic mass is 10.1. The zero-order valence-corrected chi connectivity index (χ0v) is 15.1. The minimum Gasteiger partial charge on any atom is -0.504 e. The number of nitrogens with zero attached hydrogens (tertiary/aromatic N) is 2. The largest absolute Gasteiger partial charge is 0.504 e. The highest BCUT2D eigenvalue weighted by atomic mass is 35.5. The van der Waals surface area contributed by atoms with Gasteiger partial charge in [-0.15, -0.1) is 0 Å². The Labute approximate surface area is 161 Å². The van der Waals surface area contributed by atoms with Gasteiger partial charge in [0.05, 0.1) is 5.56 Å². The number of hydrogen-bond donors (Lipinski definition) is 1. The smallest absolute Gasteiger partial charge is 0.345 e. The molecule has 2 aromatic carbocycles. The van der Waals surface area contributed by atoms with Crippen molar-refractivity contribution in [3.05, 3.63) is 88.7 Å². The summed E-state index contributed by atoms with van der Waals surface area (Å²) in [4.78, 5) is 20.3. The Bertz CT molecular complexity index is 944. The molecule has 0 saturated heterocycles. The normalized spacial score (nSPS) is 10.9. The van der Waals surface area contributed by atoms with E-state index in [1.807, 2.05) is 30.3 Å². The fourth-order valence-corrected chi connectivity index (χ4v) is 2.63. The Balaban J connectivity index is 1.71. The predicted molar refractivity (Wildman–Crippen MR) is 105 cm³/mol. The van der Waals surface area contributed by atoms with E-state index >= 15 is 0 Å². The second kappa shape index (κ2) is 8.96. The highest BCUT2D eigenvalue weighted by molar-refractivity contribution is 6.31. The number of phenolic OH excluding ortho intramolecular Hbond substituents is 1. The maximum atomic E-state index is 12.2. The quantitative estimate of drug-likeness (QED) is 0.392. The van der Waals surface area contributed by atoms with Crippen LogP contribution in [0.2, 0.25) is 5.02 Å². The molecule has 27 heavy (non-hydrogen) atoms. The van der Waals surface area contributed by atoms with Crippen LogP contribution in [0.4, 0.5) is 0 Å². The number of rotatable bonds is 6. The van der Waals surface area contributed by atoms with Gasteiger partial charge >= 0.3 is 5.97 Å². The first-order valence-corrected chi connectivity index (χ1v) is 8.70. The molecular formula is C21H17ClN2O3. The van der Waals surface area contributed by atoms with E-state index in [1.165, 1.54) is 24.0 Å². The van der Waals surface area contributed by atoms with E-state index in [9.17, 15) is 9.90 Å². The number of aromatic nitrogens is 1. The Morgan fingerprint density at radius 3 is 2.74 bits per heavy atom. The van der Waals surface area contributed by atoms with Crippen LogP contribution in [-0.4, -0.2) is 28.8 Å². The molecule has 0 saturated carbocycles. The molecule has 0 aliphatic heterocycles. The molecule has 1 aromatic heterocycles. The first-order chi connectivity index (χ1) is 13.1. The van der Waals surface area contributed by atoms with Gasteiger partial charge in [0.15, 0.2) is 11.5 Å². The van der Waals surface area contributed by atoms with Crippen molar-refractivity contribution >= 4 is 23.8 Å². The first-order valence-electron chi connectivity index (χ1n) is 8.32. The van der Waals surface area contributed by atoms with Gasteiger partial charge in [0, 0.05) is 41.8 Å². The van der Waals surface area contributed by atoms with Crippen molar-refractivity contribution in [1.82, 2.24) is 4.98 Å². The third kappa shape index (κ3) is 5.15. The summed E-state index contributed by atoms with van der Waals surface area (Å²) >= 11 is 6.08. The summed E-state index contributed by atoms with van der Waals surface area (Å²) in [6.07, 6.45) is 5.24. The summed E-state index contributed by atoms with van der Waals surface area (Å²) in [7, 11) is 0. The Morgan fingerprint density at radius 2 is 2.00 bits per heavy atom. The van der Waals surface area contributed by atoms with Crippen LogP contribution in [0, 0.1) is 0 Å². The summed E-state index contributed by atoms with van der Waals surface area (Å²) < 4.78 is 5.25. The third-order valence-electron chi connectivity index (χ3n) is 3.77. The number of phenols is 1. The first kappa shape index (κ1) is 18.6. The average Bonchev–Trinajstić information content (AvgIpc) is 2.70. The van der Waals surface area contributed by atoms with Gasteiger partial charge in [-0.2, -0.15) is 0 Å². The number of halogens is 1. The molecule has 0 bridgehead atoms. The number of esters is 1. The van der Waals surface area contributed by atoms with Crippen molar-refractivity contribution in [2.45, 2.75) is 6.42 Å². The number of ether oxygens (including phenoxy) is 1. The van der Waals surface area contributed by atoms with Crippen LogP contribution in [0.25, 0.3) is 0 Å². The molecule has 0 spiro atoms. The summed E-state index contributed by atoms with van der Waals surface area (Å²) in [5, 5.41) is 10.7. The van der Waals surface area contributed by atoms with Crippen molar-refractivity contribution in [1.29, 1.82) is 0 Å². The van der Waals surface area contributed by atoms with Crippen molar-refractivity contribution in [2.75, 3.05) is 6.54 Å². The number of carbonyl (C=O) groups is 1. The average molecular weight is 381 g/mol. The minimum absolute atomic E-state index is 0.0270. The lowest BCUT2D eigenvalue weighted by Gasteiger charge is -2.09. The summed E-state index contributed by atoms with van der Waals surface area (Å²) in [6, 6.07) is 16.1. The second-order valence-corrected chi connectivity index (χ2v) is 6.18. The van der Waals surface area contributed by atoms with Gasteiger partial charge in [-0.3, -0.25) is 9.98 Å². The van der Waals surface area contributed by atoms with Gasteiger partial charge in [-0.25, -0.2) is 4.79 Å². The van der Waals surface area contributed by atoms with E-state index in [0.717, 1.165) is 6.42 Å². The molecule has 3 aromatic rings. The van der Waals surface area contributed by atoms with Crippen LogP contribution in [0.15, 0.2) is 72.0 Å². The van der Waals surface area contributed by atoms with E-state index < -0.39 is 5.97 Å². The SMILES string of the molecule is O=C(Oc1cc(Cl)cc(C=NCCc2ccccc2)c1O)c1cccnc1. The molecule has 0 aliphatic rings. The number of pyridine rings is 1. The van der Waals surface area contributed by atoms with Crippen LogP contribution < -0.4 is 4.74 Å². The maximum absolute atomic E-state index is 12.2. The lowest BCUT2D eigenvalue weighted by molar-refractivity contribution is 0.0729. The standard InChI is InChI=1S/C21H17ClN2O3/c22-18-11-17(14-24-10-8-15-5-2-1-3-6-15)20(25)19(12-18)27-21(26)16-7-4-9-23-13-16/h1-7,9,11-14,25H,8,10H2. The number of aromatic hydroxyl groups is 1. The van der Waals surface area contributed by atoms with Crippen LogP contribution in [0.3, 0.4) is 0 Å². The fourth-order valence-electron chi connectivity index (χ4n) is 2.41. The molecule has 3 rings (SSSR count). The fraction of sp³-hybridized carbons (Fsp3) is 0.0952. The zero-order valence-electron chi connectivity index (χ0n) is 14.4. The molecule has 6 heteroatoms. The molecule has 0 atom stereocenters. The molecule has 0 unspecified atom stereocenters. The van der Waals surface area contributed by atoms with E-state index in [2.05, 4.69) is 9.98 Å². The van der Waals surface area contributed by atoms with Gasteiger partial charge in [0.1, 0.15) is 0 Å². The van der Waals surface area contributed by atoms with Crippen LogP contribution >= 0.6 is 11.6 Å². The molecule has 0 aliphatic carbocycles. The van der Waals surface area contributed by atoms with Gasteiger partial charge in [-0.1, -0.05) is 41.9 Å². The third-order valence-corrected chi connectivity index (χ3v) is 3.99. The number of carbonyl (C=O) groups excluding carboxylic acids is 1. The Hall–Kier alpha value is -3.18. The molecule has 0 radical (unpaired) electrons. The van der Waals surface area contributed by atoms with Crippen LogP contribution in [0.5, 0.6) is 11.5 Å². The van der Waals surface area contributed by atoms with Gasteiger partial charge < -0.3 is 9.84 Å². The van der Waals surface area contributed by atoms with E-state index in [0.29, 0.717) is 17.1 Å². The molecule has 0 fully saturated rings. The summed E-state index contributed by atoms with van der Waals surface area (Å²) in [5.74, 6) is -0.853. The predicted octanol–water partition coefficient (Wildman–Crippen LogP) is 4.32. The van der Waals surface area contributed by atoms with Crippen molar-refractivity contribution in [3.8, 4) is 11.5 Å². The summed E-state index contributed by atoms with van der Waals surface area (Å²) in [6.45, 7) is 0.556. The van der Waals surface area contributed by atoms with E-state index in [4.69, 9.17) is 16.3 Å². The highest BCUT2D eigenvalue weighted by Gasteiger charge is 2.15. The summed E-state index contributed by atoms with van der Waals surface area (Å²) in [5.41, 5.74) is 1.83. The van der Waals surface area contributed by atoms with Crippen molar-refractivity contribution in [2.24, 2.45) is 4.99 Å². The van der Waals surface area contributed by atoms with Crippen LogP contribution in [-0.2, 0) is 6.42 Å². The van der Waals surface area contributed by atoms with Gasteiger partial charge in [0.25, 0.3) is 0 Å². The highest BCUT2D eigenvalue weighted by Crippen LogP contribution is 2.33. The minimum atomic E-state index is -0.632. The van der Waals surface area contributed by atoms with E-state index in [1.54, 1.807) is 24.4 Å².